The topological polar surface area (TPSA) is 40.6 Å². The van der Waals surface area contributed by atoms with Gasteiger partial charge in [-0.25, -0.2) is 0 Å². The molecule has 2 amide bonds. The zero-order valence-corrected chi connectivity index (χ0v) is 11.8. The van der Waals surface area contributed by atoms with Crippen molar-refractivity contribution >= 4 is 27.7 Å². The van der Waals surface area contributed by atoms with Crippen LogP contribution in [0.4, 0.5) is 0 Å². The third kappa shape index (κ3) is 2.72. The summed E-state index contributed by atoms with van der Waals surface area (Å²) in [7, 11) is 0. The number of hydrogen-bond acceptors (Lipinski definition) is 2. The number of nitrogens with zero attached hydrogens (tertiary/aromatic N) is 2. The van der Waals surface area contributed by atoms with Gasteiger partial charge in [-0.1, -0.05) is 34.1 Å². The molecule has 0 spiro atoms. The highest BCUT2D eigenvalue weighted by molar-refractivity contribution is 9.10. The number of rotatable bonds is 3. The molecule has 5 heteroatoms. The highest BCUT2D eigenvalue weighted by Crippen LogP contribution is 2.19. The van der Waals surface area contributed by atoms with Crippen molar-refractivity contribution in [2.45, 2.75) is 13.5 Å². The second-order valence-corrected chi connectivity index (χ2v) is 5.10. The molecule has 0 atom stereocenters. The van der Waals surface area contributed by atoms with E-state index in [1.165, 1.54) is 0 Å². The molecule has 1 aromatic carbocycles. The maximum absolute atomic E-state index is 11.9. The van der Waals surface area contributed by atoms with Crippen molar-refractivity contribution in [3.05, 3.63) is 34.3 Å². The zero-order chi connectivity index (χ0) is 13.1. The third-order valence-corrected chi connectivity index (χ3v) is 3.83. The Labute approximate surface area is 115 Å². The summed E-state index contributed by atoms with van der Waals surface area (Å²) in [5, 5.41) is 0. The van der Waals surface area contributed by atoms with Gasteiger partial charge in [0.1, 0.15) is 6.54 Å². The fourth-order valence-electron chi connectivity index (χ4n) is 1.97. The molecule has 1 saturated heterocycles. The fourth-order valence-corrected chi connectivity index (χ4v) is 2.38. The van der Waals surface area contributed by atoms with Crippen LogP contribution >= 0.6 is 15.9 Å². The van der Waals surface area contributed by atoms with Crippen LogP contribution in [0.5, 0.6) is 0 Å². The molecule has 96 valence electrons. The summed E-state index contributed by atoms with van der Waals surface area (Å²) in [4.78, 5) is 26.9. The van der Waals surface area contributed by atoms with Gasteiger partial charge in [-0.3, -0.25) is 9.59 Å². The summed E-state index contributed by atoms with van der Waals surface area (Å²) in [5.41, 5.74) is 1.02. The van der Waals surface area contributed by atoms with Gasteiger partial charge in [0, 0.05) is 17.6 Å². The lowest BCUT2D eigenvalue weighted by Gasteiger charge is -2.33. The van der Waals surface area contributed by atoms with Crippen molar-refractivity contribution < 1.29 is 9.59 Å². The average molecular weight is 311 g/mol. The van der Waals surface area contributed by atoms with Crippen molar-refractivity contribution in [1.29, 1.82) is 0 Å². The first-order valence-corrected chi connectivity index (χ1v) is 6.70. The van der Waals surface area contributed by atoms with Crippen LogP contribution in [0.2, 0.25) is 0 Å². The smallest absolute Gasteiger partial charge is 0.242 e. The lowest BCUT2D eigenvalue weighted by atomic mass is 10.2. The van der Waals surface area contributed by atoms with Crippen molar-refractivity contribution in [3.63, 3.8) is 0 Å². The summed E-state index contributed by atoms with van der Waals surface area (Å²) < 4.78 is 0.961. The van der Waals surface area contributed by atoms with Gasteiger partial charge in [-0.2, -0.15) is 0 Å². The van der Waals surface area contributed by atoms with Crippen molar-refractivity contribution in [2.24, 2.45) is 0 Å². The standard InChI is InChI=1S/C13H15BrN2O2/c1-2-15-8-13(18)16(9-12(15)17)7-10-5-3-4-6-11(10)14/h3-6H,2,7-9H2,1H3. The number of likely N-dealkylation sites (N-methyl/N-ethyl adjacent to an activating group) is 1. The van der Waals surface area contributed by atoms with Crippen LogP contribution in [-0.4, -0.2) is 41.2 Å². The molecular weight excluding hydrogens is 296 g/mol. The summed E-state index contributed by atoms with van der Waals surface area (Å²) in [6.07, 6.45) is 0. The highest BCUT2D eigenvalue weighted by Gasteiger charge is 2.28. The van der Waals surface area contributed by atoms with Gasteiger partial charge in [0.25, 0.3) is 0 Å². The molecule has 4 nitrogen and oxygen atoms in total. The van der Waals surface area contributed by atoms with E-state index in [-0.39, 0.29) is 24.9 Å². The Kier molecular flexibility index (Phi) is 4.01. The van der Waals surface area contributed by atoms with Gasteiger partial charge in [0.15, 0.2) is 0 Å². The van der Waals surface area contributed by atoms with E-state index in [9.17, 15) is 9.59 Å². The molecule has 18 heavy (non-hydrogen) atoms. The van der Waals surface area contributed by atoms with Crippen molar-refractivity contribution in [2.75, 3.05) is 19.6 Å². The Hall–Kier alpha value is -1.36. The van der Waals surface area contributed by atoms with Gasteiger partial charge in [0.05, 0.1) is 6.54 Å². The molecule has 0 unspecified atom stereocenters. The van der Waals surface area contributed by atoms with Crippen LogP contribution in [0.15, 0.2) is 28.7 Å². The number of carbonyl (C=O) groups excluding carboxylic acids is 2. The quantitative estimate of drug-likeness (QED) is 0.851. The second kappa shape index (κ2) is 5.52. The van der Waals surface area contributed by atoms with E-state index in [0.29, 0.717) is 13.1 Å². The number of amides is 2. The number of piperazine rings is 1. The molecule has 1 aliphatic rings. The van der Waals surface area contributed by atoms with E-state index in [1.54, 1.807) is 9.80 Å². The normalized spacial score (nSPS) is 16.3. The Morgan fingerprint density at radius 2 is 1.72 bits per heavy atom. The highest BCUT2D eigenvalue weighted by atomic mass is 79.9. The van der Waals surface area contributed by atoms with Gasteiger partial charge in [-0.05, 0) is 18.6 Å². The SMILES string of the molecule is CCN1CC(=O)N(Cc2ccccc2Br)CC1=O. The van der Waals surface area contributed by atoms with Crippen molar-refractivity contribution in [3.8, 4) is 0 Å². The van der Waals surface area contributed by atoms with Gasteiger partial charge >= 0.3 is 0 Å². The predicted octanol–water partition coefficient (Wildman–Crippen LogP) is 1.64. The number of carbonyl (C=O) groups is 2. The van der Waals surface area contributed by atoms with Gasteiger partial charge in [0.2, 0.25) is 11.8 Å². The lowest BCUT2D eigenvalue weighted by molar-refractivity contribution is -0.150. The van der Waals surface area contributed by atoms with Crippen LogP contribution in [0.3, 0.4) is 0 Å². The lowest BCUT2D eigenvalue weighted by Crippen LogP contribution is -2.53. The molecular formula is C13H15BrN2O2. The van der Waals surface area contributed by atoms with Crippen LogP contribution in [0.25, 0.3) is 0 Å². The molecule has 0 bridgehead atoms. The molecule has 1 aliphatic heterocycles. The average Bonchev–Trinajstić information content (AvgIpc) is 2.36. The second-order valence-electron chi connectivity index (χ2n) is 4.25. The van der Waals surface area contributed by atoms with Crippen LogP contribution < -0.4 is 0 Å². The summed E-state index contributed by atoms with van der Waals surface area (Å²) >= 11 is 3.45. The summed E-state index contributed by atoms with van der Waals surface area (Å²) in [5.74, 6) is 0.0244. The molecule has 0 aromatic heterocycles. The monoisotopic (exact) mass is 310 g/mol. The van der Waals surface area contributed by atoms with E-state index < -0.39 is 0 Å². The maximum Gasteiger partial charge on any atom is 0.242 e. The first-order valence-electron chi connectivity index (χ1n) is 5.90. The summed E-state index contributed by atoms with van der Waals surface area (Å²) in [6.45, 7) is 3.32. The Morgan fingerprint density at radius 3 is 2.39 bits per heavy atom. The largest absolute Gasteiger partial charge is 0.332 e. The van der Waals surface area contributed by atoms with Gasteiger partial charge < -0.3 is 9.80 Å². The van der Waals surface area contributed by atoms with E-state index in [4.69, 9.17) is 0 Å². The van der Waals surface area contributed by atoms with E-state index in [0.717, 1.165) is 10.0 Å². The van der Waals surface area contributed by atoms with E-state index in [2.05, 4.69) is 15.9 Å². The molecule has 1 aromatic rings. The Balaban J connectivity index is 2.09. The minimum atomic E-state index is 0.00667. The van der Waals surface area contributed by atoms with Crippen LogP contribution in [-0.2, 0) is 16.1 Å². The molecule has 0 N–H and O–H groups in total. The molecule has 0 radical (unpaired) electrons. The van der Waals surface area contributed by atoms with Crippen LogP contribution in [0.1, 0.15) is 12.5 Å². The number of hydrogen-bond donors (Lipinski definition) is 0. The molecule has 1 heterocycles. The van der Waals surface area contributed by atoms with Crippen molar-refractivity contribution in [1.82, 2.24) is 9.80 Å². The first kappa shape index (κ1) is 13.1. The van der Waals surface area contributed by atoms with Gasteiger partial charge in [-0.15, -0.1) is 0 Å². The number of benzene rings is 1. The third-order valence-electron chi connectivity index (χ3n) is 3.06. The number of halogens is 1. The maximum atomic E-state index is 11.9. The fraction of sp³-hybridized carbons (Fsp3) is 0.385. The predicted molar refractivity (Wildman–Crippen MR) is 71.8 cm³/mol. The summed E-state index contributed by atoms with van der Waals surface area (Å²) in [6, 6.07) is 7.74. The molecule has 2 rings (SSSR count). The minimum Gasteiger partial charge on any atom is -0.332 e. The van der Waals surface area contributed by atoms with E-state index >= 15 is 0 Å². The molecule has 1 fully saturated rings. The Morgan fingerprint density at radius 1 is 1.11 bits per heavy atom. The molecule has 0 saturated carbocycles. The van der Waals surface area contributed by atoms with E-state index in [1.807, 2.05) is 31.2 Å². The zero-order valence-electron chi connectivity index (χ0n) is 10.2. The van der Waals surface area contributed by atoms with Crippen LogP contribution in [0, 0.1) is 0 Å². The molecule has 0 aliphatic carbocycles. The Bertz CT molecular complexity index is 476. The minimum absolute atomic E-state index is 0.00667. The first-order chi connectivity index (χ1) is 8.61.